The lowest BCUT2D eigenvalue weighted by atomic mass is 9.97. The molecule has 1 aromatic carbocycles. The maximum absolute atomic E-state index is 14.1. The first-order chi connectivity index (χ1) is 18.8. The average Bonchev–Trinajstić information content (AvgIpc) is 3.49. The summed E-state index contributed by atoms with van der Waals surface area (Å²) in [5, 5.41) is 16.0. The fraction of sp³-hybridized carbons (Fsp3) is 0.423. The Balaban J connectivity index is 0.00000194. The molecule has 41 heavy (non-hydrogen) atoms. The monoisotopic (exact) mass is 628 g/mol. The maximum Gasteiger partial charge on any atom is 0.449 e. The van der Waals surface area contributed by atoms with Crippen LogP contribution in [-0.2, 0) is 6.18 Å². The van der Waals surface area contributed by atoms with Crippen molar-refractivity contribution in [3.63, 3.8) is 0 Å². The van der Waals surface area contributed by atoms with Gasteiger partial charge in [-0.25, -0.2) is 9.97 Å². The number of thiazole rings is 1. The molecule has 1 unspecified atom stereocenters. The summed E-state index contributed by atoms with van der Waals surface area (Å²) in [4.78, 5) is 24.0. The Kier molecular flexibility index (Phi) is 9.42. The van der Waals surface area contributed by atoms with E-state index >= 15 is 0 Å². The number of anilines is 2. The van der Waals surface area contributed by atoms with Crippen LogP contribution in [0.25, 0.3) is 21.6 Å². The van der Waals surface area contributed by atoms with Crippen LogP contribution in [-0.4, -0.2) is 57.3 Å². The van der Waals surface area contributed by atoms with Gasteiger partial charge in [0.1, 0.15) is 16.2 Å². The number of carbonyl (C=O) groups excluding carboxylic acids is 1. The molecular weight excluding hydrogens is 600 g/mol. The Morgan fingerprint density at radius 3 is 2.61 bits per heavy atom. The molecule has 4 heterocycles. The molecule has 1 saturated heterocycles. The smallest absolute Gasteiger partial charge is 0.368 e. The highest BCUT2D eigenvalue weighted by Crippen LogP contribution is 2.46. The van der Waals surface area contributed by atoms with E-state index in [1.807, 2.05) is 7.05 Å². The van der Waals surface area contributed by atoms with Crippen molar-refractivity contribution in [2.75, 3.05) is 36.9 Å². The number of piperidine rings is 1. The van der Waals surface area contributed by atoms with Gasteiger partial charge in [-0.2, -0.15) is 23.4 Å². The van der Waals surface area contributed by atoms with Gasteiger partial charge < -0.3 is 20.1 Å². The van der Waals surface area contributed by atoms with Gasteiger partial charge in [0.15, 0.2) is 0 Å². The number of hydrogen-bond acceptors (Lipinski definition) is 8. The minimum absolute atomic E-state index is 0. The van der Waals surface area contributed by atoms with Crippen molar-refractivity contribution in [3.8, 4) is 10.6 Å². The molecule has 1 aliphatic heterocycles. The number of amides is 1. The minimum atomic E-state index is -4.59. The first kappa shape index (κ1) is 30.9. The van der Waals surface area contributed by atoms with Crippen molar-refractivity contribution in [1.82, 2.24) is 30.0 Å². The molecule has 4 aromatic rings. The van der Waals surface area contributed by atoms with Gasteiger partial charge in [-0.05, 0) is 63.4 Å². The fourth-order valence-corrected chi connectivity index (χ4v) is 6.10. The summed E-state index contributed by atoms with van der Waals surface area (Å²) in [5.41, 5.74) is 2.61. The summed E-state index contributed by atoms with van der Waals surface area (Å²) in [7, 11) is 1.89. The number of halogens is 5. The Hall–Kier alpha value is -3.00. The van der Waals surface area contributed by atoms with E-state index in [9.17, 15) is 18.0 Å². The van der Waals surface area contributed by atoms with Gasteiger partial charge in [-0.3, -0.25) is 4.79 Å². The van der Waals surface area contributed by atoms with Crippen LogP contribution in [0.2, 0.25) is 0 Å². The molecule has 1 atom stereocenters. The number of fused-ring (bicyclic) bond motifs is 1. The predicted molar refractivity (Wildman–Crippen MR) is 157 cm³/mol. The zero-order chi connectivity index (χ0) is 27.1. The third-order valence-electron chi connectivity index (χ3n) is 7.15. The Bertz CT molecular complexity index is 1510. The molecule has 1 aliphatic carbocycles. The zero-order valence-electron chi connectivity index (χ0n) is 22.0. The maximum atomic E-state index is 14.1. The van der Waals surface area contributed by atoms with Crippen LogP contribution in [0.4, 0.5) is 24.5 Å². The third kappa shape index (κ3) is 6.27. The standard InChI is InChI=1S/C26H27F3N8OS.2ClH/c1-30-11-15-3-2-10-36(13-15)22-18(33-23(38)19-14-39-24(34-19)16-8-9-31-32-12-16)6-7-20-21(22)35-25(26(27,28)29)37(20)17-4-5-17;;/h6-9,12,14-15,17,30H,2-5,10-11,13H2,1H3,(H,33,38);2*1H. The number of nitrogens with one attached hydrogen (secondary N) is 2. The van der Waals surface area contributed by atoms with Crippen LogP contribution in [0.15, 0.2) is 36.0 Å². The molecule has 2 N–H and O–H groups in total. The van der Waals surface area contributed by atoms with Gasteiger partial charge in [-0.15, -0.1) is 36.2 Å². The Morgan fingerprint density at radius 1 is 1.12 bits per heavy atom. The van der Waals surface area contributed by atoms with Crippen molar-refractivity contribution in [2.24, 2.45) is 5.92 Å². The lowest BCUT2D eigenvalue weighted by molar-refractivity contribution is -0.147. The zero-order valence-corrected chi connectivity index (χ0v) is 24.5. The van der Waals surface area contributed by atoms with E-state index in [1.54, 1.807) is 36.0 Å². The lowest BCUT2D eigenvalue weighted by Crippen LogP contribution is -2.39. The SMILES string of the molecule is CNCC1CCCN(c2c(NC(=O)c3csc(-c4ccnnc4)n3)ccc3c2nc(C(F)(F)F)n3C2CC2)C1.Cl.Cl. The molecule has 2 aliphatic rings. The Morgan fingerprint density at radius 2 is 1.93 bits per heavy atom. The largest absolute Gasteiger partial charge is 0.449 e. The molecule has 0 bridgehead atoms. The number of rotatable bonds is 7. The van der Waals surface area contributed by atoms with E-state index < -0.39 is 17.9 Å². The summed E-state index contributed by atoms with van der Waals surface area (Å²) in [6.07, 6.45) is 1.82. The second kappa shape index (κ2) is 12.5. The summed E-state index contributed by atoms with van der Waals surface area (Å²) < 4.78 is 43.6. The van der Waals surface area contributed by atoms with E-state index in [0.29, 0.717) is 53.7 Å². The topological polar surface area (TPSA) is 101 Å². The van der Waals surface area contributed by atoms with E-state index in [0.717, 1.165) is 24.9 Å². The van der Waals surface area contributed by atoms with E-state index in [4.69, 9.17) is 0 Å². The van der Waals surface area contributed by atoms with E-state index in [1.165, 1.54) is 15.9 Å². The number of nitrogens with zero attached hydrogens (tertiary/aromatic N) is 6. The van der Waals surface area contributed by atoms with Gasteiger partial charge in [0.2, 0.25) is 5.82 Å². The van der Waals surface area contributed by atoms with Crippen molar-refractivity contribution in [3.05, 3.63) is 47.5 Å². The van der Waals surface area contributed by atoms with Crippen molar-refractivity contribution < 1.29 is 18.0 Å². The molecule has 2 fully saturated rings. The molecule has 1 amide bonds. The molecule has 0 spiro atoms. The lowest BCUT2D eigenvalue weighted by Gasteiger charge is -2.35. The number of benzene rings is 1. The number of alkyl halides is 3. The summed E-state index contributed by atoms with van der Waals surface area (Å²) in [6, 6.07) is 4.87. The molecular formula is C26H29Cl2F3N8OS. The second-order valence-electron chi connectivity index (χ2n) is 10.00. The highest BCUT2D eigenvalue weighted by Gasteiger charge is 2.42. The molecule has 220 valence electrons. The summed E-state index contributed by atoms with van der Waals surface area (Å²) >= 11 is 1.30. The highest BCUT2D eigenvalue weighted by molar-refractivity contribution is 7.13. The summed E-state index contributed by atoms with van der Waals surface area (Å²) in [5.74, 6) is -1.00. The van der Waals surface area contributed by atoms with Crippen molar-refractivity contribution in [1.29, 1.82) is 0 Å². The van der Waals surface area contributed by atoms with Gasteiger partial charge in [-0.1, -0.05) is 0 Å². The average molecular weight is 630 g/mol. The van der Waals surface area contributed by atoms with Crippen molar-refractivity contribution >= 4 is 64.5 Å². The second-order valence-corrected chi connectivity index (χ2v) is 10.9. The molecule has 1 saturated carbocycles. The molecule has 6 rings (SSSR count). The first-order valence-corrected chi connectivity index (χ1v) is 13.8. The predicted octanol–water partition coefficient (Wildman–Crippen LogP) is 5.84. The third-order valence-corrected chi connectivity index (χ3v) is 8.04. The van der Waals surface area contributed by atoms with Crippen LogP contribution in [0.3, 0.4) is 0 Å². The number of hydrogen-bond donors (Lipinski definition) is 2. The number of imidazole rings is 1. The summed E-state index contributed by atoms with van der Waals surface area (Å²) in [6.45, 7) is 2.11. The number of carbonyl (C=O) groups is 1. The molecule has 0 radical (unpaired) electrons. The normalized spacial score (nSPS) is 17.2. The molecule has 3 aromatic heterocycles. The first-order valence-electron chi connectivity index (χ1n) is 12.9. The highest BCUT2D eigenvalue weighted by atomic mass is 35.5. The van der Waals surface area contributed by atoms with Gasteiger partial charge in [0.05, 0.1) is 29.3 Å². The van der Waals surface area contributed by atoms with Crippen LogP contribution >= 0.6 is 36.2 Å². The Labute approximate surface area is 250 Å². The molecule has 15 heteroatoms. The van der Waals surface area contributed by atoms with Crippen LogP contribution in [0, 0.1) is 5.92 Å². The van der Waals surface area contributed by atoms with Gasteiger partial charge >= 0.3 is 6.18 Å². The van der Waals surface area contributed by atoms with Gasteiger partial charge in [0.25, 0.3) is 5.91 Å². The van der Waals surface area contributed by atoms with Crippen LogP contribution in [0.1, 0.15) is 48.0 Å². The van der Waals surface area contributed by atoms with Crippen molar-refractivity contribution in [2.45, 2.75) is 37.9 Å². The molecule has 9 nitrogen and oxygen atoms in total. The fourth-order valence-electron chi connectivity index (χ4n) is 5.31. The van der Waals surface area contributed by atoms with E-state index in [2.05, 4.69) is 35.7 Å². The number of aromatic nitrogens is 5. The van der Waals surface area contributed by atoms with Crippen LogP contribution < -0.4 is 15.5 Å². The van der Waals surface area contributed by atoms with E-state index in [-0.39, 0.29) is 42.1 Å². The minimum Gasteiger partial charge on any atom is -0.368 e. The van der Waals surface area contributed by atoms with Gasteiger partial charge in [0, 0.05) is 30.1 Å². The quantitative estimate of drug-likeness (QED) is 0.265. The van der Waals surface area contributed by atoms with Crippen LogP contribution in [0.5, 0.6) is 0 Å².